The van der Waals surface area contributed by atoms with E-state index in [1.54, 1.807) is 13.8 Å². The normalized spacial score (nSPS) is 11.2. The topological polar surface area (TPSA) is 95.7 Å². The number of carbonyl (C=O) groups is 2. The molecular formula is C17H23NO6. The molecule has 0 aliphatic carbocycles. The molecule has 0 amide bonds. The highest BCUT2D eigenvalue weighted by atomic mass is 16.6. The first kappa shape index (κ1) is 19.6. The maximum atomic E-state index is 12.6. The van der Waals surface area contributed by atoms with Crippen LogP contribution in [0.15, 0.2) is 24.3 Å². The Kier molecular flexibility index (Phi) is 6.88. The summed E-state index contributed by atoms with van der Waals surface area (Å²) in [6.45, 7) is 7.33. The molecule has 0 radical (unpaired) electrons. The summed E-state index contributed by atoms with van der Waals surface area (Å²) in [6.07, 6.45) is 0.361. The second-order valence-corrected chi connectivity index (χ2v) is 5.90. The van der Waals surface area contributed by atoms with E-state index in [2.05, 4.69) is 0 Å². The fourth-order valence-corrected chi connectivity index (χ4v) is 2.18. The van der Waals surface area contributed by atoms with Gasteiger partial charge in [-0.3, -0.25) is 19.7 Å². The molecule has 0 bridgehead atoms. The minimum Gasteiger partial charge on any atom is -0.465 e. The van der Waals surface area contributed by atoms with Crippen molar-refractivity contribution in [1.29, 1.82) is 0 Å². The number of nitrogens with zero attached hydrogens (tertiary/aromatic N) is 1. The molecule has 132 valence electrons. The molecule has 7 heteroatoms. The van der Waals surface area contributed by atoms with Gasteiger partial charge in [0, 0.05) is 6.07 Å². The number of hydrogen-bond donors (Lipinski definition) is 0. The van der Waals surface area contributed by atoms with E-state index >= 15 is 0 Å². The van der Waals surface area contributed by atoms with Crippen molar-refractivity contribution in [3.63, 3.8) is 0 Å². The molecule has 0 saturated heterocycles. The van der Waals surface area contributed by atoms with Gasteiger partial charge in [-0.1, -0.05) is 39.8 Å². The molecule has 1 aromatic carbocycles. The Morgan fingerprint density at radius 1 is 1.17 bits per heavy atom. The zero-order valence-electron chi connectivity index (χ0n) is 14.4. The Morgan fingerprint density at radius 3 is 2.25 bits per heavy atom. The van der Waals surface area contributed by atoms with Crippen LogP contribution in [0.2, 0.25) is 0 Å². The molecule has 0 saturated carbocycles. The summed E-state index contributed by atoms with van der Waals surface area (Å²) >= 11 is 0. The Labute approximate surface area is 141 Å². The maximum Gasteiger partial charge on any atom is 0.329 e. The number of esters is 2. The molecule has 0 fully saturated rings. The molecule has 0 heterocycles. The van der Waals surface area contributed by atoms with Crippen molar-refractivity contribution in [2.75, 3.05) is 6.61 Å². The van der Waals surface area contributed by atoms with Crippen LogP contribution >= 0.6 is 0 Å². The monoisotopic (exact) mass is 337 g/mol. The third-order valence-electron chi connectivity index (χ3n) is 3.80. The lowest BCUT2D eigenvalue weighted by Gasteiger charge is -2.27. The van der Waals surface area contributed by atoms with Gasteiger partial charge in [0.25, 0.3) is 0 Å². The van der Waals surface area contributed by atoms with E-state index in [0.717, 1.165) is 0 Å². The van der Waals surface area contributed by atoms with E-state index in [0.29, 0.717) is 0 Å². The van der Waals surface area contributed by atoms with E-state index in [9.17, 15) is 19.7 Å². The summed E-state index contributed by atoms with van der Waals surface area (Å²) in [6, 6.07) is 5.55. The van der Waals surface area contributed by atoms with Gasteiger partial charge in [-0.15, -0.1) is 0 Å². The van der Waals surface area contributed by atoms with E-state index in [1.165, 1.54) is 24.3 Å². The number of benzene rings is 1. The molecule has 0 spiro atoms. The van der Waals surface area contributed by atoms with Crippen molar-refractivity contribution in [2.24, 2.45) is 11.3 Å². The number of hydrogen-bond acceptors (Lipinski definition) is 6. The Balaban J connectivity index is 3.07. The molecule has 1 aromatic rings. The number of nitro groups is 1. The molecule has 7 nitrogen and oxygen atoms in total. The zero-order chi connectivity index (χ0) is 18.3. The summed E-state index contributed by atoms with van der Waals surface area (Å²) in [5.74, 6) is -1.55. The molecular weight excluding hydrogens is 314 g/mol. The molecule has 0 aliphatic rings. The van der Waals surface area contributed by atoms with Crippen LogP contribution in [0.3, 0.4) is 0 Å². The highest BCUT2D eigenvalue weighted by Crippen LogP contribution is 2.33. The lowest BCUT2D eigenvalue weighted by atomic mass is 9.82. The van der Waals surface area contributed by atoms with Crippen LogP contribution in [0, 0.1) is 21.4 Å². The molecule has 0 unspecified atom stereocenters. The summed E-state index contributed by atoms with van der Waals surface area (Å²) < 4.78 is 10.4. The standard InChI is InChI=1S/C17H23NO6/c1-5-17(6-2,15(19)23-11-12(3)4)16(20)24-14-10-8-7-9-13(14)18(21)22/h7-10,12H,5-6,11H2,1-4H3. The first-order chi connectivity index (χ1) is 11.3. The van der Waals surface area contributed by atoms with E-state index < -0.39 is 22.3 Å². The summed E-state index contributed by atoms with van der Waals surface area (Å²) in [5, 5.41) is 11.0. The molecule has 0 aliphatic heterocycles. The van der Waals surface area contributed by atoms with Crippen LogP contribution in [0.25, 0.3) is 0 Å². The van der Waals surface area contributed by atoms with Gasteiger partial charge in [0.1, 0.15) is 0 Å². The minimum absolute atomic E-state index is 0.131. The lowest BCUT2D eigenvalue weighted by Crippen LogP contribution is -2.43. The summed E-state index contributed by atoms with van der Waals surface area (Å²) in [5.41, 5.74) is -1.80. The van der Waals surface area contributed by atoms with Gasteiger partial charge < -0.3 is 9.47 Å². The number of rotatable bonds is 8. The highest BCUT2D eigenvalue weighted by molar-refractivity contribution is 6.01. The van der Waals surface area contributed by atoms with E-state index in [1.807, 2.05) is 13.8 Å². The van der Waals surface area contributed by atoms with E-state index in [-0.39, 0.29) is 36.8 Å². The van der Waals surface area contributed by atoms with Crippen LogP contribution in [0.4, 0.5) is 5.69 Å². The maximum absolute atomic E-state index is 12.6. The van der Waals surface area contributed by atoms with Gasteiger partial charge in [-0.05, 0) is 24.8 Å². The third-order valence-corrected chi connectivity index (χ3v) is 3.80. The van der Waals surface area contributed by atoms with Gasteiger partial charge in [0.15, 0.2) is 5.41 Å². The van der Waals surface area contributed by atoms with Gasteiger partial charge in [-0.25, -0.2) is 0 Å². The fourth-order valence-electron chi connectivity index (χ4n) is 2.18. The Morgan fingerprint density at radius 2 is 1.75 bits per heavy atom. The second kappa shape index (κ2) is 8.42. The molecule has 0 aromatic heterocycles. The van der Waals surface area contributed by atoms with Crippen molar-refractivity contribution in [1.82, 2.24) is 0 Å². The zero-order valence-corrected chi connectivity index (χ0v) is 14.4. The quantitative estimate of drug-likeness (QED) is 0.237. The SMILES string of the molecule is CCC(CC)(C(=O)OCC(C)C)C(=O)Oc1ccccc1[N+](=O)[O-]. The average molecular weight is 337 g/mol. The smallest absolute Gasteiger partial charge is 0.329 e. The first-order valence-corrected chi connectivity index (χ1v) is 7.91. The highest BCUT2D eigenvalue weighted by Gasteiger charge is 2.46. The van der Waals surface area contributed by atoms with Crippen LogP contribution in [0.5, 0.6) is 5.75 Å². The largest absolute Gasteiger partial charge is 0.465 e. The van der Waals surface area contributed by atoms with Crippen LogP contribution in [-0.4, -0.2) is 23.5 Å². The van der Waals surface area contributed by atoms with Crippen molar-refractivity contribution in [3.8, 4) is 5.75 Å². The predicted molar refractivity (Wildman–Crippen MR) is 87.5 cm³/mol. The van der Waals surface area contributed by atoms with Crippen molar-refractivity contribution in [3.05, 3.63) is 34.4 Å². The number of ether oxygens (including phenoxy) is 2. The average Bonchev–Trinajstić information content (AvgIpc) is 2.54. The Bertz CT molecular complexity index is 607. The van der Waals surface area contributed by atoms with Gasteiger partial charge >= 0.3 is 17.6 Å². The summed E-state index contributed by atoms with van der Waals surface area (Å²) in [4.78, 5) is 35.4. The summed E-state index contributed by atoms with van der Waals surface area (Å²) in [7, 11) is 0. The second-order valence-electron chi connectivity index (χ2n) is 5.90. The molecule has 0 N–H and O–H groups in total. The fraction of sp³-hybridized carbons (Fsp3) is 0.529. The lowest BCUT2D eigenvalue weighted by molar-refractivity contribution is -0.385. The van der Waals surface area contributed by atoms with Gasteiger partial charge in [0.05, 0.1) is 11.5 Å². The van der Waals surface area contributed by atoms with Crippen molar-refractivity contribution >= 4 is 17.6 Å². The number of nitro benzene ring substituents is 1. The van der Waals surface area contributed by atoms with E-state index in [4.69, 9.17) is 9.47 Å². The molecule has 1 rings (SSSR count). The first-order valence-electron chi connectivity index (χ1n) is 7.91. The Hall–Kier alpha value is -2.44. The van der Waals surface area contributed by atoms with Crippen LogP contribution < -0.4 is 4.74 Å². The van der Waals surface area contributed by atoms with Gasteiger partial charge in [-0.2, -0.15) is 0 Å². The third kappa shape index (κ3) is 4.31. The number of para-hydroxylation sites is 2. The molecule has 0 atom stereocenters. The number of carbonyl (C=O) groups excluding carboxylic acids is 2. The van der Waals surface area contributed by atoms with Crippen LogP contribution in [0.1, 0.15) is 40.5 Å². The van der Waals surface area contributed by atoms with Gasteiger partial charge in [0.2, 0.25) is 5.75 Å². The van der Waals surface area contributed by atoms with Crippen molar-refractivity contribution < 1.29 is 24.0 Å². The van der Waals surface area contributed by atoms with Crippen LogP contribution in [-0.2, 0) is 14.3 Å². The minimum atomic E-state index is -1.47. The predicted octanol–water partition coefficient (Wildman–Crippen LogP) is 3.51. The molecule has 24 heavy (non-hydrogen) atoms. The van der Waals surface area contributed by atoms with Crippen molar-refractivity contribution in [2.45, 2.75) is 40.5 Å².